The lowest BCUT2D eigenvalue weighted by molar-refractivity contribution is 0.439. The van der Waals surface area contributed by atoms with Gasteiger partial charge in [0.05, 0.1) is 26.6 Å². The molecule has 0 atom stereocenters. The number of nitrogen functional groups attached to an aromatic ring is 1. The van der Waals surface area contributed by atoms with Crippen molar-refractivity contribution < 1.29 is 0 Å². The van der Waals surface area contributed by atoms with E-state index in [1.807, 2.05) is 0 Å². The molecule has 3 nitrogen and oxygen atoms in total. The Morgan fingerprint density at radius 1 is 1.24 bits per heavy atom. The fraction of sp³-hybridized carbons (Fsp3) is 0.588. The number of nitrogens with two attached hydrogens (primary N) is 1. The molecule has 3 rings (SSSR count). The summed E-state index contributed by atoms with van der Waals surface area (Å²) in [5.41, 5.74) is 9.55. The summed E-state index contributed by atoms with van der Waals surface area (Å²) in [6.45, 7) is 11.2. The van der Waals surface area contributed by atoms with Crippen molar-refractivity contribution in [3.63, 3.8) is 0 Å². The minimum absolute atomic E-state index is 0.0964. The number of benzene rings is 1. The van der Waals surface area contributed by atoms with Gasteiger partial charge in [-0.1, -0.05) is 27.7 Å². The molecule has 0 spiro atoms. The molecule has 0 radical (unpaired) electrons. The maximum absolute atomic E-state index is 6.31. The fourth-order valence-electron chi connectivity index (χ4n) is 2.82. The quantitative estimate of drug-likeness (QED) is 0.793. The van der Waals surface area contributed by atoms with E-state index in [9.17, 15) is 0 Å². The van der Waals surface area contributed by atoms with Crippen molar-refractivity contribution in [1.29, 1.82) is 0 Å². The van der Waals surface area contributed by atoms with E-state index in [4.69, 9.17) is 10.7 Å². The highest BCUT2D eigenvalue weighted by Gasteiger charge is 2.22. The lowest BCUT2D eigenvalue weighted by Crippen LogP contribution is -2.33. The van der Waals surface area contributed by atoms with Crippen LogP contribution in [0.25, 0.3) is 10.2 Å². The van der Waals surface area contributed by atoms with E-state index >= 15 is 0 Å². The van der Waals surface area contributed by atoms with Crippen LogP contribution >= 0.6 is 11.3 Å². The summed E-state index contributed by atoms with van der Waals surface area (Å²) in [5.74, 6) is 0.831. The smallest absolute Gasteiger partial charge is 0.0992 e. The van der Waals surface area contributed by atoms with Gasteiger partial charge in [0.2, 0.25) is 0 Å². The molecule has 1 aromatic carbocycles. The Kier molecular flexibility index (Phi) is 3.60. The van der Waals surface area contributed by atoms with Crippen molar-refractivity contribution in [2.45, 2.75) is 46.0 Å². The molecule has 1 saturated heterocycles. The van der Waals surface area contributed by atoms with Crippen molar-refractivity contribution in [1.82, 2.24) is 4.98 Å². The second-order valence-electron chi connectivity index (χ2n) is 7.32. The van der Waals surface area contributed by atoms with E-state index in [0.29, 0.717) is 0 Å². The molecule has 1 aliphatic heterocycles. The monoisotopic (exact) mass is 303 g/mol. The van der Waals surface area contributed by atoms with Crippen molar-refractivity contribution in [3.05, 3.63) is 17.1 Å². The first-order valence-electron chi connectivity index (χ1n) is 7.80. The fourth-order valence-corrected chi connectivity index (χ4v) is 3.88. The molecule has 0 amide bonds. The number of hydrogen-bond acceptors (Lipinski definition) is 4. The summed E-state index contributed by atoms with van der Waals surface area (Å²) in [4.78, 5) is 7.25. The third-order valence-corrected chi connectivity index (χ3v) is 5.75. The number of thiazole rings is 1. The average Bonchev–Trinajstić information content (AvgIpc) is 2.81. The Balaban J connectivity index is 1.98. The van der Waals surface area contributed by atoms with E-state index < -0.39 is 0 Å². The van der Waals surface area contributed by atoms with Crippen molar-refractivity contribution in [2.75, 3.05) is 23.7 Å². The number of hydrogen-bond donors (Lipinski definition) is 1. The zero-order chi connectivity index (χ0) is 15.2. The maximum atomic E-state index is 6.31. The van der Waals surface area contributed by atoms with Gasteiger partial charge in [-0.15, -0.1) is 11.3 Å². The standard InChI is InChI=1S/C17H25N3S/c1-11-5-7-20(8-6-11)14-10-13-15(9-12(14)18)21-16(19-13)17(2,3)4/h9-11H,5-8,18H2,1-4H3. The highest BCUT2D eigenvalue weighted by atomic mass is 32.1. The molecule has 0 unspecified atom stereocenters. The maximum Gasteiger partial charge on any atom is 0.0992 e. The highest BCUT2D eigenvalue weighted by molar-refractivity contribution is 7.18. The van der Waals surface area contributed by atoms with E-state index in [1.54, 1.807) is 11.3 Å². The van der Waals surface area contributed by atoms with Crippen LogP contribution < -0.4 is 10.6 Å². The van der Waals surface area contributed by atoms with E-state index in [1.165, 1.54) is 28.2 Å². The molecule has 4 heteroatoms. The van der Waals surface area contributed by atoms with E-state index in [-0.39, 0.29) is 5.41 Å². The molecular formula is C17H25N3S. The van der Waals surface area contributed by atoms with Crippen molar-refractivity contribution in [3.8, 4) is 0 Å². The van der Waals surface area contributed by atoms with Crippen LogP contribution in [0.2, 0.25) is 0 Å². The molecule has 0 bridgehead atoms. The zero-order valence-corrected chi connectivity index (χ0v) is 14.3. The average molecular weight is 303 g/mol. The van der Waals surface area contributed by atoms with Crippen molar-refractivity contribution >= 4 is 32.9 Å². The summed E-state index contributed by atoms with van der Waals surface area (Å²) in [5, 5.41) is 1.18. The lowest BCUT2D eigenvalue weighted by Gasteiger charge is -2.32. The van der Waals surface area contributed by atoms with Crippen LogP contribution in [0.3, 0.4) is 0 Å². The Hall–Kier alpha value is -1.29. The second kappa shape index (κ2) is 5.16. The molecule has 0 saturated carbocycles. The SMILES string of the molecule is CC1CCN(c2cc3nc(C(C)(C)C)sc3cc2N)CC1. The first kappa shape index (κ1) is 14.6. The Bertz CT molecular complexity index is 646. The number of fused-ring (bicyclic) bond motifs is 1. The Labute approximate surface area is 131 Å². The molecule has 2 aromatic rings. The number of rotatable bonds is 1. The molecule has 1 aliphatic rings. The van der Waals surface area contributed by atoms with Gasteiger partial charge >= 0.3 is 0 Å². The summed E-state index contributed by atoms with van der Waals surface area (Å²) in [6.07, 6.45) is 2.50. The molecule has 21 heavy (non-hydrogen) atoms. The van der Waals surface area contributed by atoms with Crippen LogP contribution in [-0.4, -0.2) is 18.1 Å². The van der Waals surface area contributed by atoms with Crippen LogP contribution in [0.1, 0.15) is 45.5 Å². The summed E-state index contributed by atoms with van der Waals surface area (Å²) < 4.78 is 1.20. The van der Waals surface area contributed by atoms with Gasteiger partial charge in [-0.3, -0.25) is 0 Å². The van der Waals surface area contributed by atoms with E-state index in [2.05, 4.69) is 44.7 Å². The predicted molar refractivity (Wildman–Crippen MR) is 93.3 cm³/mol. The Morgan fingerprint density at radius 2 is 1.90 bits per heavy atom. The molecule has 2 N–H and O–H groups in total. The van der Waals surface area contributed by atoms with Gasteiger partial charge in [0.1, 0.15) is 0 Å². The van der Waals surface area contributed by atoms with Gasteiger partial charge in [0.15, 0.2) is 0 Å². The highest BCUT2D eigenvalue weighted by Crippen LogP contribution is 2.37. The number of nitrogens with zero attached hydrogens (tertiary/aromatic N) is 2. The van der Waals surface area contributed by atoms with Crippen molar-refractivity contribution in [2.24, 2.45) is 5.92 Å². The van der Waals surface area contributed by atoms with Crippen LogP contribution in [-0.2, 0) is 5.41 Å². The van der Waals surface area contributed by atoms with E-state index in [0.717, 1.165) is 30.2 Å². The summed E-state index contributed by atoms with van der Waals surface area (Å²) >= 11 is 1.76. The molecule has 0 aliphatic carbocycles. The van der Waals surface area contributed by atoms with Gasteiger partial charge in [-0.2, -0.15) is 0 Å². The minimum atomic E-state index is 0.0964. The lowest BCUT2D eigenvalue weighted by atomic mass is 9.98. The third-order valence-electron chi connectivity index (χ3n) is 4.30. The Morgan fingerprint density at radius 3 is 2.52 bits per heavy atom. The predicted octanol–water partition coefficient (Wildman–Crippen LogP) is 4.41. The molecular weight excluding hydrogens is 278 g/mol. The number of aromatic nitrogens is 1. The van der Waals surface area contributed by atoms with Gasteiger partial charge in [0.25, 0.3) is 0 Å². The van der Waals surface area contributed by atoms with Gasteiger partial charge in [-0.05, 0) is 30.9 Å². The topological polar surface area (TPSA) is 42.2 Å². The number of anilines is 2. The van der Waals surface area contributed by atoms with Gasteiger partial charge in [0, 0.05) is 18.5 Å². The minimum Gasteiger partial charge on any atom is -0.397 e. The van der Waals surface area contributed by atoms with Gasteiger partial charge < -0.3 is 10.6 Å². The summed E-state index contributed by atoms with van der Waals surface area (Å²) in [6, 6.07) is 4.29. The third kappa shape index (κ3) is 2.86. The van der Waals surface area contributed by atoms with Crippen LogP contribution in [0.4, 0.5) is 11.4 Å². The normalized spacial score (nSPS) is 17.6. The van der Waals surface area contributed by atoms with Crippen LogP contribution in [0, 0.1) is 5.92 Å². The molecule has 1 fully saturated rings. The van der Waals surface area contributed by atoms with Crippen LogP contribution in [0.15, 0.2) is 12.1 Å². The van der Waals surface area contributed by atoms with Gasteiger partial charge in [-0.25, -0.2) is 4.98 Å². The summed E-state index contributed by atoms with van der Waals surface area (Å²) in [7, 11) is 0. The first-order chi connectivity index (χ1) is 9.84. The largest absolute Gasteiger partial charge is 0.397 e. The van der Waals surface area contributed by atoms with Crippen LogP contribution in [0.5, 0.6) is 0 Å². The molecule has 1 aromatic heterocycles. The molecule has 2 heterocycles. The zero-order valence-electron chi connectivity index (χ0n) is 13.4. The first-order valence-corrected chi connectivity index (χ1v) is 8.62. The second-order valence-corrected chi connectivity index (χ2v) is 8.35. The molecule has 114 valence electrons. The number of piperidine rings is 1.